The summed E-state index contributed by atoms with van der Waals surface area (Å²) in [5.41, 5.74) is 0. The zero-order chi connectivity index (χ0) is 15.4. The Morgan fingerprint density at radius 3 is 2.52 bits per heavy atom. The first-order valence-electron chi connectivity index (χ1n) is 8.18. The molecule has 0 aromatic heterocycles. The Hall–Kier alpha value is -1.10. The van der Waals surface area contributed by atoms with Crippen molar-refractivity contribution in [1.29, 1.82) is 0 Å². The highest BCUT2D eigenvalue weighted by Crippen LogP contribution is 2.38. The molecular weight excluding hydrogens is 270 g/mol. The molecule has 1 heterocycles. The fourth-order valence-corrected chi connectivity index (χ4v) is 3.78. The first-order chi connectivity index (χ1) is 10.1. The van der Waals surface area contributed by atoms with Gasteiger partial charge in [-0.3, -0.25) is 9.59 Å². The molecule has 1 amide bonds. The average Bonchev–Trinajstić information content (AvgIpc) is 3.10. The summed E-state index contributed by atoms with van der Waals surface area (Å²) in [6, 6.07) is 0. The normalized spacial score (nSPS) is 35.8. The number of nitrogens with one attached hydrogen (secondary N) is 1. The Balaban J connectivity index is 1.88. The summed E-state index contributed by atoms with van der Waals surface area (Å²) in [6.45, 7) is 5.52. The van der Waals surface area contributed by atoms with Gasteiger partial charge in [0.05, 0.1) is 17.9 Å². The number of rotatable bonds is 6. The number of carboxylic acid groups (broad SMARTS) is 1. The standard InChI is InChI=1S/C16H27NO4/c1-3-10-7-12(13(8-10)16(19)20)15(18)17-9-11-5-6-21-14(11)4-2/h10-14H,3-9H2,1-2H3,(H,17,18)(H,19,20)/t10?,11?,12-,13+,14?/m0/s1. The van der Waals surface area contributed by atoms with Crippen molar-refractivity contribution in [3.05, 3.63) is 0 Å². The highest BCUT2D eigenvalue weighted by molar-refractivity contribution is 5.85. The van der Waals surface area contributed by atoms with Crippen molar-refractivity contribution < 1.29 is 19.4 Å². The Morgan fingerprint density at radius 1 is 1.19 bits per heavy atom. The minimum atomic E-state index is -0.832. The molecule has 21 heavy (non-hydrogen) atoms. The second kappa shape index (κ2) is 7.25. The first-order valence-corrected chi connectivity index (χ1v) is 8.18. The van der Waals surface area contributed by atoms with Crippen LogP contribution in [-0.2, 0) is 14.3 Å². The summed E-state index contributed by atoms with van der Waals surface area (Å²) in [6.07, 6.45) is 4.45. The van der Waals surface area contributed by atoms with Crippen LogP contribution in [0.5, 0.6) is 0 Å². The highest BCUT2D eigenvalue weighted by atomic mass is 16.5. The lowest BCUT2D eigenvalue weighted by molar-refractivity contribution is -0.146. The maximum atomic E-state index is 12.4. The van der Waals surface area contributed by atoms with E-state index in [0.717, 1.165) is 25.9 Å². The molecule has 2 fully saturated rings. The number of carbonyl (C=O) groups is 2. The van der Waals surface area contributed by atoms with Crippen LogP contribution in [0.2, 0.25) is 0 Å². The number of aliphatic carboxylic acids is 1. The lowest BCUT2D eigenvalue weighted by atomic mass is 9.94. The van der Waals surface area contributed by atoms with Crippen LogP contribution in [-0.4, -0.2) is 36.2 Å². The van der Waals surface area contributed by atoms with E-state index in [1.165, 1.54) is 0 Å². The molecule has 5 heteroatoms. The molecule has 1 saturated heterocycles. The summed E-state index contributed by atoms with van der Waals surface area (Å²) in [5.74, 6) is -1.07. The lowest BCUT2D eigenvalue weighted by Crippen LogP contribution is -2.39. The van der Waals surface area contributed by atoms with Crippen LogP contribution < -0.4 is 5.32 Å². The van der Waals surface area contributed by atoms with Crippen LogP contribution in [0.4, 0.5) is 0 Å². The van der Waals surface area contributed by atoms with Crippen molar-refractivity contribution in [3.63, 3.8) is 0 Å². The third kappa shape index (κ3) is 3.76. The van der Waals surface area contributed by atoms with Crippen LogP contribution in [0.25, 0.3) is 0 Å². The first kappa shape index (κ1) is 16.3. The van der Waals surface area contributed by atoms with Gasteiger partial charge in [0.25, 0.3) is 0 Å². The number of amides is 1. The number of ether oxygens (including phenoxy) is 1. The Labute approximate surface area is 126 Å². The minimum Gasteiger partial charge on any atom is -0.481 e. The molecule has 2 rings (SSSR count). The van der Waals surface area contributed by atoms with E-state index in [0.29, 0.717) is 31.2 Å². The van der Waals surface area contributed by atoms with Gasteiger partial charge in [0, 0.05) is 19.1 Å². The number of hydrogen-bond donors (Lipinski definition) is 2. The molecule has 1 saturated carbocycles. The smallest absolute Gasteiger partial charge is 0.307 e. The predicted octanol–water partition coefficient (Wildman–Crippen LogP) is 2.05. The van der Waals surface area contributed by atoms with Gasteiger partial charge in [-0.15, -0.1) is 0 Å². The van der Waals surface area contributed by atoms with Gasteiger partial charge in [-0.2, -0.15) is 0 Å². The minimum absolute atomic E-state index is 0.0832. The van der Waals surface area contributed by atoms with Crippen LogP contribution in [0.15, 0.2) is 0 Å². The molecule has 0 bridgehead atoms. The van der Waals surface area contributed by atoms with Crippen LogP contribution in [0, 0.1) is 23.7 Å². The van der Waals surface area contributed by atoms with Crippen molar-refractivity contribution in [2.24, 2.45) is 23.7 Å². The molecule has 3 unspecified atom stereocenters. The van der Waals surface area contributed by atoms with E-state index in [9.17, 15) is 14.7 Å². The van der Waals surface area contributed by atoms with Crippen molar-refractivity contribution in [2.45, 2.75) is 52.1 Å². The van der Waals surface area contributed by atoms with Gasteiger partial charge in [-0.05, 0) is 31.6 Å². The van der Waals surface area contributed by atoms with E-state index >= 15 is 0 Å². The molecule has 0 spiro atoms. The van der Waals surface area contributed by atoms with Gasteiger partial charge in [-0.1, -0.05) is 20.3 Å². The lowest BCUT2D eigenvalue weighted by Gasteiger charge is -2.20. The van der Waals surface area contributed by atoms with Crippen LogP contribution >= 0.6 is 0 Å². The summed E-state index contributed by atoms with van der Waals surface area (Å²) in [4.78, 5) is 23.7. The fourth-order valence-electron chi connectivity index (χ4n) is 3.78. The zero-order valence-corrected chi connectivity index (χ0v) is 13.0. The monoisotopic (exact) mass is 297 g/mol. The van der Waals surface area contributed by atoms with Crippen molar-refractivity contribution in [3.8, 4) is 0 Å². The third-order valence-corrected chi connectivity index (χ3v) is 5.18. The van der Waals surface area contributed by atoms with Gasteiger partial charge in [-0.25, -0.2) is 0 Å². The summed E-state index contributed by atoms with van der Waals surface area (Å²) >= 11 is 0. The Bertz CT molecular complexity index is 384. The molecule has 5 nitrogen and oxygen atoms in total. The molecule has 0 radical (unpaired) electrons. The maximum Gasteiger partial charge on any atom is 0.307 e. The number of hydrogen-bond acceptors (Lipinski definition) is 3. The third-order valence-electron chi connectivity index (χ3n) is 5.18. The van der Waals surface area contributed by atoms with E-state index in [-0.39, 0.29) is 17.9 Å². The van der Waals surface area contributed by atoms with Crippen LogP contribution in [0.3, 0.4) is 0 Å². The van der Waals surface area contributed by atoms with Gasteiger partial charge in [0.15, 0.2) is 0 Å². The van der Waals surface area contributed by atoms with Gasteiger partial charge >= 0.3 is 5.97 Å². The number of carboxylic acids is 1. The molecular formula is C16H27NO4. The average molecular weight is 297 g/mol. The van der Waals surface area contributed by atoms with E-state index in [1.54, 1.807) is 0 Å². The van der Waals surface area contributed by atoms with E-state index < -0.39 is 11.9 Å². The van der Waals surface area contributed by atoms with E-state index in [2.05, 4.69) is 19.2 Å². The molecule has 2 aliphatic rings. The van der Waals surface area contributed by atoms with Crippen molar-refractivity contribution in [1.82, 2.24) is 5.32 Å². The van der Waals surface area contributed by atoms with Crippen molar-refractivity contribution >= 4 is 11.9 Å². The summed E-state index contributed by atoms with van der Waals surface area (Å²) in [5, 5.41) is 12.3. The fraction of sp³-hybridized carbons (Fsp3) is 0.875. The van der Waals surface area contributed by atoms with Gasteiger partial charge in [0.2, 0.25) is 5.91 Å². The molecule has 1 aliphatic heterocycles. The largest absolute Gasteiger partial charge is 0.481 e. The van der Waals surface area contributed by atoms with E-state index in [4.69, 9.17) is 4.74 Å². The van der Waals surface area contributed by atoms with Gasteiger partial charge in [0.1, 0.15) is 0 Å². The zero-order valence-electron chi connectivity index (χ0n) is 13.0. The molecule has 0 aromatic rings. The molecule has 2 N–H and O–H groups in total. The van der Waals surface area contributed by atoms with E-state index in [1.807, 2.05) is 0 Å². The molecule has 0 aromatic carbocycles. The SMILES string of the molecule is CCC1C[C@H](C(=O)NCC2CCOC2CC)[C@H](C(=O)O)C1. The second-order valence-corrected chi connectivity index (χ2v) is 6.41. The summed E-state index contributed by atoms with van der Waals surface area (Å²) < 4.78 is 5.62. The van der Waals surface area contributed by atoms with Crippen LogP contribution in [0.1, 0.15) is 46.0 Å². The maximum absolute atomic E-state index is 12.4. The predicted molar refractivity (Wildman–Crippen MR) is 78.8 cm³/mol. The topological polar surface area (TPSA) is 75.6 Å². The molecule has 5 atom stereocenters. The van der Waals surface area contributed by atoms with Gasteiger partial charge < -0.3 is 15.2 Å². The number of carbonyl (C=O) groups excluding carboxylic acids is 1. The Morgan fingerprint density at radius 2 is 1.90 bits per heavy atom. The summed E-state index contributed by atoms with van der Waals surface area (Å²) in [7, 11) is 0. The van der Waals surface area contributed by atoms with Crippen molar-refractivity contribution in [2.75, 3.05) is 13.2 Å². The highest BCUT2D eigenvalue weighted by Gasteiger charge is 2.42. The molecule has 120 valence electrons. The Kier molecular flexibility index (Phi) is 5.62. The second-order valence-electron chi connectivity index (χ2n) is 6.41. The molecule has 1 aliphatic carbocycles. The quantitative estimate of drug-likeness (QED) is 0.787.